The Balaban J connectivity index is 1.98. The van der Waals surface area contributed by atoms with Crippen LogP contribution in [-0.4, -0.2) is 56.1 Å². The Morgan fingerprint density at radius 1 is 1.21 bits per heavy atom. The monoisotopic (exact) mass is 345 g/mol. The molecule has 1 fully saturated rings. The molecule has 6 heteroatoms. The van der Waals surface area contributed by atoms with E-state index < -0.39 is 0 Å². The van der Waals surface area contributed by atoms with Crippen LogP contribution in [0.5, 0.6) is 0 Å². The van der Waals surface area contributed by atoms with Crippen molar-refractivity contribution >= 4 is 22.3 Å². The highest BCUT2D eigenvalue weighted by Gasteiger charge is 2.25. The first-order valence-electron chi connectivity index (χ1n) is 8.06. The van der Waals surface area contributed by atoms with Crippen LogP contribution in [0.1, 0.15) is 15.2 Å². The van der Waals surface area contributed by atoms with Crippen LogP contribution in [0.25, 0.3) is 11.1 Å². The third-order valence-electron chi connectivity index (χ3n) is 4.42. The molecule has 0 saturated carbocycles. The topological polar surface area (TPSA) is 58.8 Å². The highest BCUT2D eigenvalue weighted by molar-refractivity contribution is 7.17. The Bertz CT molecular complexity index is 707. The Kier molecular flexibility index (Phi) is 5.18. The van der Waals surface area contributed by atoms with Gasteiger partial charge < -0.3 is 15.4 Å². The molecular weight excluding hydrogens is 322 g/mol. The molecule has 1 aromatic heterocycles. The first-order chi connectivity index (χ1) is 11.6. The Morgan fingerprint density at radius 2 is 1.88 bits per heavy atom. The van der Waals surface area contributed by atoms with Gasteiger partial charge in [-0.1, -0.05) is 30.3 Å². The summed E-state index contributed by atoms with van der Waals surface area (Å²) in [7, 11) is 3.54. The van der Waals surface area contributed by atoms with Gasteiger partial charge in [0.05, 0.1) is 7.11 Å². The Morgan fingerprint density at radius 3 is 2.50 bits per heavy atom. The van der Waals surface area contributed by atoms with E-state index in [1.54, 1.807) is 0 Å². The smallest absolute Gasteiger partial charge is 0.341 e. The van der Waals surface area contributed by atoms with Crippen LogP contribution in [0, 0.1) is 0 Å². The number of hydrogen-bond donors (Lipinski definition) is 1. The van der Waals surface area contributed by atoms with Crippen LogP contribution in [0.4, 0.5) is 5.00 Å². The minimum absolute atomic E-state index is 0.368. The summed E-state index contributed by atoms with van der Waals surface area (Å²) in [6.45, 7) is 4.98. The SMILES string of the molecule is COC(=O)c1c(N)sc(CN2CCN(C)CC2)c1-c1ccccc1. The molecule has 128 valence electrons. The number of rotatable bonds is 4. The van der Waals surface area contributed by atoms with Crippen molar-refractivity contribution in [3.63, 3.8) is 0 Å². The molecule has 1 aliphatic heterocycles. The highest BCUT2D eigenvalue weighted by Crippen LogP contribution is 2.39. The summed E-state index contributed by atoms with van der Waals surface area (Å²) in [6, 6.07) is 9.95. The molecule has 24 heavy (non-hydrogen) atoms. The zero-order valence-corrected chi connectivity index (χ0v) is 14.9. The molecule has 0 radical (unpaired) electrons. The van der Waals surface area contributed by atoms with Gasteiger partial charge >= 0.3 is 5.97 Å². The van der Waals surface area contributed by atoms with E-state index in [2.05, 4.69) is 16.8 Å². The molecule has 0 bridgehead atoms. The van der Waals surface area contributed by atoms with E-state index in [4.69, 9.17) is 10.5 Å². The van der Waals surface area contributed by atoms with Crippen molar-refractivity contribution in [2.45, 2.75) is 6.54 Å². The second kappa shape index (κ2) is 7.34. The summed E-state index contributed by atoms with van der Waals surface area (Å²) >= 11 is 1.50. The lowest BCUT2D eigenvalue weighted by atomic mass is 10.0. The number of hydrogen-bond acceptors (Lipinski definition) is 6. The molecule has 0 amide bonds. The maximum absolute atomic E-state index is 12.3. The van der Waals surface area contributed by atoms with Gasteiger partial charge in [0.2, 0.25) is 0 Å². The van der Waals surface area contributed by atoms with E-state index in [9.17, 15) is 4.79 Å². The van der Waals surface area contributed by atoms with Crippen molar-refractivity contribution < 1.29 is 9.53 Å². The summed E-state index contributed by atoms with van der Waals surface area (Å²) in [4.78, 5) is 18.1. The fourth-order valence-corrected chi connectivity index (χ4v) is 4.15. The van der Waals surface area contributed by atoms with Crippen molar-refractivity contribution in [3.05, 3.63) is 40.8 Å². The fraction of sp³-hybridized carbons (Fsp3) is 0.389. The number of benzene rings is 1. The van der Waals surface area contributed by atoms with Gasteiger partial charge in [0, 0.05) is 43.2 Å². The number of nitrogens with two attached hydrogens (primary N) is 1. The van der Waals surface area contributed by atoms with E-state index in [1.165, 1.54) is 18.4 Å². The van der Waals surface area contributed by atoms with Crippen molar-refractivity contribution in [1.82, 2.24) is 9.80 Å². The molecular formula is C18H23N3O2S. The lowest BCUT2D eigenvalue weighted by Gasteiger charge is -2.32. The second-order valence-corrected chi connectivity index (χ2v) is 7.21. The number of ether oxygens (including phenoxy) is 1. The predicted molar refractivity (Wildman–Crippen MR) is 98.3 cm³/mol. The van der Waals surface area contributed by atoms with Crippen molar-refractivity contribution in [1.29, 1.82) is 0 Å². The van der Waals surface area contributed by atoms with Crippen LogP contribution in [-0.2, 0) is 11.3 Å². The molecule has 2 aromatic rings. The van der Waals surface area contributed by atoms with Crippen LogP contribution >= 0.6 is 11.3 Å². The number of methoxy groups -OCH3 is 1. The van der Waals surface area contributed by atoms with Crippen molar-refractivity contribution in [2.75, 3.05) is 46.1 Å². The fourth-order valence-electron chi connectivity index (χ4n) is 3.03. The summed E-state index contributed by atoms with van der Waals surface area (Å²) in [5, 5.41) is 0.532. The van der Waals surface area contributed by atoms with Crippen LogP contribution in [0.15, 0.2) is 30.3 Å². The summed E-state index contributed by atoms with van der Waals surface area (Å²) in [6.07, 6.45) is 0. The van der Waals surface area contributed by atoms with Gasteiger partial charge in [0.25, 0.3) is 0 Å². The van der Waals surface area contributed by atoms with Gasteiger partial charge in [-0.15, -0.1) is 11.3 Å². The number of likely N-dealkylation sites (N-methyl/N-ethyl adjacent to an activating group) is 1. The minimum atomic E-state index is -0.368. The highest BCUT2D eigenvalue weighted by atomic mass is 32.1. The lowest BCUT2D eigenvalue weighted by Crippen LogP contribution is -2.43. The summed E-state index contributed by atoms with van der Waals surface area (Å²) in [5.74, 6) is -0.368. The van der Waals surface area contributed by atoms with Crippen LogP contribution in [0.2, 0.25) is 0 Å². The number of carbonyl (C=O) groups excluding carboxylic acids is 1. The number of piperazine rings is 1. The van der Waals surface area contributed by atoms with Crippen molar-refractivity contribution in [3.8, 4) is 11.1 Å². The maximum atomic E-state index is 12.3. The molecule has 1 aliphatic rings. The molecule has 3 rings (SSSR count). The number of esters is 1. The zero-order valence-electron chi connectivity index (χ0n) is 14.1. The maximum Gasteiger partial charge on any atom is 0.341 e. The Hall–Kier alpha value is -1.89. The Labute approximate surface area is 146 Å². The molecule has 2 heterocycles. The zero-order chi connectivity index (χ0) is 17.1. The standard InChI is InChI=1S/C18H23N3O2S/c1-20-8-10-21(11-9-20)12-14-15(13-6-4-3-5-7-13)16(17(19)24-14)18(22)23-2/h3-7H,8-12,19H2,1-2H3. The lowest BCUT2D eigenvalue weighted by molar-refractivity contribution is 0.0603. The van der Waals surface area contributed by atoms with Gasteiger partial charge in [-0.2, -0.15) is 0 Å². The average molecular weight is 345 g/mol. The molecule has 1 aromatic carbocycles. The van der Waals surface area contributed by atoms with Gasteiger partial charge in [-0.05, 0) is 12.6 Å². The largest absolute Gasteiger partial charge is 0.465 e. The van der Waals surface area contributed by atoms with E-state index in [0.717, 1.165) is 48.7 Å². The van der Waals surface area contributed by atoms with E-state index in [1.807, 2.05) is 30.3 Å². The molecule has 2 N–H and O–H groups in total. The first kappa shape index (κ1) is 17.0. The number of carbonyl (C=O) groups is 1. The molecule has 0 atom stereocenters. The van der Waals surface area contributed by atoms with E-state index in [0.29, 0.717) is 10.6 Å². The van der Waals surface area contributed by atoms with Crippen LogP contribution in [0.3, 0.4) is 0 Å². The summed E-state index contributed by atoms with van der Waals surface area (Å²) < 4.78 is 4.96. The molecule has 5 nitrogen and oxygen atoms in total. The minimum Gasteiger partial charge on any atom is -0.465 e. The number of nitrogen functional groups attached to an aromatic ring is 1. The molecule has 0 aliphatic carbocycles. The van der Waals surface area contributed by atoms with E-state index >= 15 is 0 Å². The third-order valence-corrected chi connectivity index (χ3v) is 5.43. The van der Waals surface area contributed by atoms with Gasteiger partial charge in [0.1, 0.15) is 10.6 Å². The second-order valence-electron chi connectivity index (χ2n) is 6.08. The first-order valence-corrected chi connectivity index (χ1v) is 8.87. The van der Waals surface area contributed by atoms with Gasteiger partial charge in [-0.25, -0.2) is 4.79 Å². The van der Waals surface area contributed by atoms with Gasteiger partial charge in [0.15, 0.2) is 0 Å². The quantitative estimate of drug-likeness (QED) is 0.863. The normalized spacial score (nSPS) is 16.2. The predicted octanol–water partition coefficient (Wildman–Crippen LogP) is 2.53. The molecule has 1 saturated heterocycles. The number of thiophene rings is 1. The van der Waals surface area contributed by atoms with Crippen molar-refractivity contribution in [2.24, 2.45) is 0 Å². The van der Waals surface area contributed by atoms with Gasteiger partial charge in [-0.3, -0.25) is 4.90 Å². The van der Waals surface area contributed by atoms with Crippen LogP contribution < -0.4 is 5.73 Å². The number of nitrogens with zero attached hydrogens (tertiary/aromatic N) is 2. The molecule has 0 spiro atoms. The third kappa shape index (κ3) is 3.45. The average Bonchev–Trinajstić information content (AvgIpc) is 2.93. The number of anilines is 1. The summed E-state index contributed by atoms with van der Waals surface area (Å²) in [5.41, 5.74) is 8.60. The molecule has 0 unspecified atom stereocenters. The van der Waals surface area contributed by atoms with E-state index in [-0.39, 0.29) is 5.97 Å².